The zero-order valence-corrected chi connectivity index (χ0v) is 27.1. The molecule has 5 atom stereocenters. The Kier molecular flexibility index (Phi) is 9.72. The van der Waals surface area contributed by atoms with Gasteiger partial charge in [0.2, 0.25) is 17.7 Å². The number of likely N-dealkylation sites (N-methyl/N-ethyl adjacent to an activating group) is 1. The van der Waals surface area contributed by atoms with Crippen molar-refractivity contribution in [2.45, 2.75) is 62.5 Å². The van der Waals surface area contributed by atoms with E-state index < -0.39 is 86.6 Å². The number of hydrogen-bond acceptors (Lipinski definition) is 12. The molecule has 7 amide bonds. The molecule has 20 heteroatoms. The summed E-state index contributed by atoms with van der Waals surface area (Å²) in [5.74, 6) is -8.31. The van der Waals surface area contributed by atoms with Crippen LogP contribution in [-0.2, 0) is 49.5 Å². The maximum absolute atomic E-state index is 14.1. The summed E-state index contributed by atoms with van der Waals surface area (Å²) in [6, 6.07) is -1.37. The number of carbonyl (C=O) groups excluding carboxylic acids is 8. The summed E-state index contributed by atoms with van der Waals surface area (Å²) in [6.07, 6.45) is 0.0333. The number of β-lactam (4-membered cyclic amide) rings is 1. The van der Waals surface area contributed by atoms with Crippen molar-refractivity contribution >= 4 is 65.2 Å². The van der Waals surface area contributed by atoms with Gasteiger partial charge in [0.25, 0.3) is 11.6 Å². The fraction of sp³-hybridized carbons (Fsp3) is 0.464. The van der Waals surface area contributed by atoms with Gasteiger partial charge in [-0.2, -0.15) is 0 Å². The summed E-state index contributed by atoms with van der Waals surface area (Å²) in [6.45, 7) is 6.33. The topological polar surface area (TPSA) is 261 Å². The SMILES string of the molecule is CCN1CCN(C(=O)NC(C(=O)N[C@]2(NC=O)C(=O)N3[C@@H](C(=O)O)C(C)(C)[S+]([O-])[C@@H]32)c2ccc(OC(C)=O)c(OC(C)=O)c2)C(=O)C1=O. The smallest absolute Gasteiger partial charge is 0.332 e. The van der Waals surface area contributed by atoms with Crippen molar-refractivity contribution in [1.29, 1.82) is 0 Å². The molecule has 1 aromatic rings. The highest BCUT2D eigenvalue weighted by Crippen LogP contribution is 2.49. The third kappa shape index (κ3) is 5.99. The second kappa shape index (κ2) is 13.1. The van der Waals surface area contributed by atoms with E-state index in [0.29, 0.717) is 4.90 Å². The van der Waals surface area contributed by atoms with E-state index in [1.54, 1.807) is 6.92 Å². The molecule has 1 aromatic carbocycles. The van der Waals surface area contributed by atoms with Gasteiger partial charge in [0.05, 0.1) is 0 Å². The van der Waals surface area contributed by atoms with E-state index in [9.17, 15) is 52.8 Å². The Morgan fingerprint density at radius 2 is 1.69 bits per heavy atom. The van der Waals surface area contributed by atoms with Gasteiger partial charge in [-0.05, 0) is 49.6 Å². The van der Waals surface area contributed by atoms with Crippen LogP contribution in [0.15, 0.2) is 18.2 Å². The molecule has 0 saturated carbocycles. The lowest BCUT2D eigenvalue weighted by Crippen LogP contribution is -2.86. The summed E-state index contributed by atoms with van der Waals surface area (Å²) >= 11 is -2.18. The molecule has 3 fully saturated rings. The van der Waals surface area contributed by atoms with Crippen molar-refractivity contribution in [3.05, 3.63) is 23.8 Å². The minimum atomic E-state index is -2.44. The molecule has 4 N–H and O–H groups in total. The Balaban J connectivity index is 1.76. The fourth-order valence-corrected chi connectivity index (χ4v) is 7.70. The van der Waals surface area contributed by atoms with E-state index in [2.05, 4.69) is 16.0 Å². The van der Waals surface area contributed by atoms with Gasteiger partial charge in [-0.3, -0.25) is 43.4 Å². The average Bonchev–Trinajstić information content (AvgIpc) is 3.20. The Bertz CT molecular complexity index is 1620. The molecule has 4 rings (SSSR count). The van der Waals surface area contributed by atoms with Crippen LogP contribution in [0.1, 0.15) is 46.2 Å². The molecule has 0 spiro atoms. The van der Waals surface area contributed by atoms with Crippen LogP contribution < -0.4 is 25.4 Å². The monoisotopic (exact) mass is 692 g/mol. The number of nitrogens with zero attached hydrogens (tertiary/aromatic N) is 3. The quantitative estimate of drug-likeness (QED) is 0.0383. The summed E-state index contributed by atoms with van der Waals surface area (Å²) in [5, 5.41) is 15.0. The molecular formula is C28H32N6O13S. The van der Waals surface area contributed by atoms with Crippen molar-refractivity contribution in [2.24, 2.45) is 0 Å². The van der Waals surface area contributed by atoms with Crippen molar-refractivity contribution in [2.75, 3.05) is 19.6 Å². The number of imide groups is 1. The number of amides is 7. The summed E-state index contributed by atoms with van der Waals surface area (Å²) < 4.78 is 22.2. The van der Waals surface area contributed by atoms with E-state index in [4.69, 9.17) is 9.47 Å². The number of hydrogen-bond donors (Lipinski definition) is 4. The number of urea groups is 1. The van der Waals surface area contributed by atoms with E-state index in [0.717, 1.165) is 30.9 Å². The van der Waals surface area contributed by atoms with Gasteiger partial charge >= 0.3 is 35.8 Å². The van der Waals surface area contributed by atoms with Gasteiger partial charge in [0.1, 0.15) is 6.04 Å². The van der Waals surface area contributed by atoms with Gasteiger partial charge in [-0.25, -0.2) is 9.59 Å². The average molecular weight is 693 g/mol. The number of carboxylic acid groups (broad SMARTS) is 1. The van der Waals surface area contributed by atoms with Crippen LogP contribution in [0.25, 0.3) is 0 Å². The normalized spacial score (nSPS) is 24.9. The second-order valence-electron chi connectivity index (χ2n) is 11.4. The number of aliphatic carboxylic acids is 1. The van der Waals surface area contributed by atoms with Crippen LogP contribution in [0.2, 0.25) is 0 Å². The lowest BCUT2D eigenvalue weighted by atomic mass is 9.91. The predicted octanol–water partition coefficient (Wildman–Crippen LogP) is -2.30. The Morgan fingerprint density at radius 1 is 1.06 bits per heavy atom. The Morgan fingerprint density at radius 3 is 2.25 bits per heavy atom. The molecule has 3 aliphatic rings. The molecule has 2 unspecified atom stereocenters. The molecule has 0 radical (unpaired) electrons. The van der Waals surface area contributed by atoms with Crippen LogP contribution in [-0.4, -0.2) is 120 Å². The number of ether oxygens (including phenoxy) is 2. The van der Waals surface area contributed by atoms with Crippen molar-refractivity contribution in [1.82, 2.24) is 30.7 Å². The number of benzene rings is 1. The van der Waals surface area contributed by atoms with Crippen molar-refractivity contribution in [3.63, 3.8) is 0 Å². The van der Waals surface area contributed by atoms with Gasteiger partial charge < -0.3 is 40.0 Å². The largest absolute Gasteiger partial charge is 0.614 e. The summed E-state index contributed by atoms with van der Waals surface area (Å²) in [5.41, 5.74) is -2.62. The third-order valence-corrected chi connectivity index (χ3v) is 10.2. The lowest BCUT2D eigenvalue weighted by molar-refractivity contribution is -0.172. The van der Waals surface area contributed by atoms with E-state index in [1.165, 1.54) is 24.8 Å². The van der Waals surface area contributed by atoms with E-state index in [-0.39, 0.29) is 43.1 Å². The Labute approximate surface area is 275 Å². The Hall–Kier alpha value is -5.24. The molecule has 3 saturated heterocycles. The highest BCUT2D eigenvalue weighted by atomic mass is 32.2. The number of carboxylic acids is 1. The first-order valence-electron chi connectivity index (χ1n) is 14.3. The van der Waals surface area contributed by atoms with E-state index >= 15 is 0 Å². The van der Waals surface area contributed by atoms with Gasteiger partial charge in [0.15, 0.2) is 22.3 Å². The molecule has 0 aliphatic carbocycles. The van der Waals surface area contributed by atoms with Crippen LogP contribution in [0.3, 0.4) is 0 Å². The number of rotatable bonds is 10. The molecule has 19 nitrogen and oxygen atoms in total. The van der Waals surface area contributed by atoms with Crippen molar-refractivity contribution < 1.29 is 62.3 Å². The molecule has 48 heavy (non-hydrogen) atoms. The zero-order valence-electron chi connectivity index (χ0n) is 26.3. The molecule has 3 aliphatic heterocycles. The maximum atomic E-state index is 14.1. The van der Waals surface area contributed by atoms with Crippen LogP contribution in [0.5, 0.6) is 11.5 Å². The molecule has 0 bridgehead atoms. The fourth-order valence-electron chi connectivity index (χ4n) is 5.72. The van der Waals surface area contributed by atoms with Crippen molar-refractivity contribution in [3.8, 4) is 11.5 Å². The minimum Gasteiger partial charge on any atom is -0.614 e. The summed E-state index contributed by atoms with van der Waals surface area (Å²) in [7, 11) is 0. The summed E-state index contributed by atoms with van der Waals surface area (Å²) in [4.78, 5) is 116. The first kappa shape index (κ1) is 35.6. The van der Waals surface area contributed by atoms with Crippen LogP contribution in [0.4, 0.5) is 4.79 Å². The number of esters is 2. The van der Waals surface area contributed by atoms with Gasteiger partial charge in [-0.1, -0.05) is 6.07 Å². The minimum absolute atomic E-state index is 0.0102. The molecule has 0 aromatic heterocycles. The van der Waals surface area contributed by atoms with Crippen LogP contribution in [0, 0.1) is 0 Å². The molecule has 258 valence electrons. The highest BCUT2D eigenvalue weighted by Gasteiger charge is 2.80. The number of nitrogens with one attached hydrogen (secondary N) is 3. The van der Waals surface area contributed by atoms with Crippen LogP contribution >= 0.6 is 0 Å². The number of carbonyl (C=O) groups is 9. The first-order valence-corrected chi connectivity index (χ1v) is 15.6. The predicted molar refractivity (Wildman–Crippen MR) is 159 cm³/mol. The maximum Gasteiger partial charge on any atom is 0.332 e. The molecular weight excluding hydrogens is 660 g/mol. The standard InChI is InChI=1S/C28H32N6O13S/c1-6-32-9-10-33(22(40)21(32)39)26(44)30-18(15-7-8-16(46-13(2)36)17(11-15)47-14(3)37)20(38)31-28(29-12-35)24(43)34-19(23(41)42)27(4,5)48(45)25(28)34/h7-8,11-12,18-19,25H,6,9-10H2,1-5H3,(H,29,35)(H,30,44)(H,31,38)(H,41,42)/t18?,19-,25+,28+,48?/m0/s1. The third-order valence-electron chi connectivity index (χ3n) is 7.97. The second-order valence-corrected chi connectivity index (χ2v) is 13.5. The molecule has 3 heterocycles. The van der Waals surface area contributed by atoms with Gasteiger partial charge in [-0.15, -0.1) is 0 Å². The number of fused-ring (bicyclic) bond motifs is 1. The van der Waals surface area contributed by atoms with Gasteiger partial charge in [0, 0.05) is 33.5 Å². The highest BCUT2D eigenvalue weighted by molar-refractivity contribution is 7.94. The van der Waals surface area contributed by atoms with E-state index in [1.807, 2.05) is 0 Å². The lowest BCUT2D eigenvalue weighted by Gasteiger charge is -2.50. The zero-order chi connectivity index (χ0) is 35.9. The number of piperazine rings is 1. The first-order chi connectivity index (χ1) is 22.4.